The normalized spacial score (nSPS) is 15.9. The number of pyridine rings is 1. The molecule has 18 heavy (non-hydrogen) atoms. The molecular weight excluding hydrogens is 226 g/mol. The maximum absolute atomic E-state index is 4.48. The summed E-state index contributed by atoms with van der Waals surface area (Å²) in [6, 6.07) is 4.13. The molecule has 5 nitrogen and oxygen atoms in total. The van der Waals surface area contributed by atoms with E-state index in [0.717, 1.165) is 37.6 Å². The molecule has 3 rings (SSSR count). The molecule has 94 valence electrons. The Balaban J connectivity index is 1.80. The first-order valence-electron chi connectivity index (χ1n) is 6.26. The van der Waals surface area contributed by atoms with Gasteiger partial charge >= 0.3 is 0 Å². The fraction of sp³-hybridized carbons (Fsp3) is 0.385. The Morgan fingerprint density at radius 2 is 2.00 bits per heavy atom. The number of aryl methyl sites for hydroxylation is 1. The zero-order chi connectivity index (χ0) is 12.4. The third-order valence-corrected chi connectivity index (χ3v) is 3.16. The van der Waals surface area contributed by atoms with Gasteiger partial charge in [0.05, 0.1) is 18.1 Å². The van der Waals surface area contributed by atoms with Crippen LogP contribution in [0.4, 0.5) is 5.69 Å². The van der Waals surface area contributed by atoms with E-state index in [1.165, 1.54) is 5.69 Å². The molecule has 0 radical (unpaired) electrons. The number of piperazine rings is 1. The highest BCUT2D eigenvalue weighted by molar-refractivity contribution is 5.47. The molecule has 1 aliphatic rings. The molecule has 0 unspecified atom stereocenters. The second-order valence-electron chi connectivity index (χ2n) is 4.57. The maximum Gasteiger partial charge on any atom is 0.153 e. The van der Waals surface area contributed by atoms with Crippen LogP contribution in [-0.4, -0.2) is 40.9 Å². The van der Waals surface area contributed by atoms with Gasteiger partial charge in [0.2, 0.25) is 0 Å². The minimum absolute atomic E-state index is 0.863. The smallest absolute Gasteiger partial charge is 0.153 e. The first-order chi connectivity index (χ1) is 8.83. The summed E-state index contributed by atoms with van der Waals surface area (Å²) >= 11 is 0. The van der Waals surface area contributed by atoms with Crippen molar-refractivity contribution in [1.29, 1.82) is 0 Å². The van der Waals surface area contributed by atoms with Crippen LogP contribution in [0.25, 0.3) is 5.82 Å². The monoisotopic (exact) mass is 243 g/mol. The number of nitrogens with one attached hydrogen (secondary N) is 1. The molecule has 5 heteroatoms. The molecule has 2 aromatic rings. The zero-order valence-corrected chi connectivity index (χ0v) is 10.5. The molecule has 0 bridgehead atoms. The van der Waals surface area contributed by atoms with Crippen LogP contribution in [0.1, 0.15) is 5.56 Å². The third kappa shape index (κ3) is 2.22. The SMILES string of the molecule is Cc1cnn(-c2ccc(N3CCNCC3)cn2)c1. The lowest BCUT2D eigenvalue weighted by atomic mass is 10.3. The highest BCUT2D eigenvalue weighted by Crippen LogP contribution is 2.15. The number of hydrogen-bond donors (Lipinski definition) is 1. The zero-order valence-electron chi connectivity index (χ0n) is 10.5. The Morgan fingerprint density at radius 1 is 1.17 bits per heavy atom. The van der Waals surface area contributed by atoms with Crippen LogP contribution in [0.5, 0.6) is 0 Å². The van der Waals surface area contributed by atoms with Crippen LogP contribution in [0.2, 0.25) is 0 Å². The van der Waals surface area contributed by atoms with Gasteiger partial charge in [-0.15, -0.1) is 0 Å². The Kier molecular flexibility index (Phi) is 2.98. The molecule has 0 saturated carbocycles. The average molecular weight is 243 g/mol. The van der Waals surface area contributed by atoms with Gasteiger partial charge in [0.15, 0.2) is 5.82 Å². The highest BCUT2D eigenvalue weighted by Gasteiger charge is 2.10. The Morgan fingerprint density at radius 3 is 2.61 bits per heavy atom. The number of hydrogen-bond acceptors (Lipinski definition) is 4. The Labute approximate surface area is 106 Å². The van der Waals surface area contributed by atoms with Crippen LogP contribution in [0.15, 0.2) is 30.7 Å². The summed E-state index contributed by atoms with van der Waals surface area (Å²) in [4.78, 5) is 6.82. The topological polar surface area (TPSA) is 46.0 Å². The summed E-state index contributed by atoms with van der Waals surface area (Å²) in [6.07, 6.45) is 5.75. The minimum Gasteiger partial charge on any atom is -0.368 e. The number of anilines is 1. The van der Waals surface area contributed by atoms with Crippen LogP contribution >= 0.6 is 0 Å². The lowest BCUT2D eigenvalue weighted by Gasteiger charge is -2.29. The molecule has 1 aliphatic heterocycles. The lowest BCUT2D eigenvalue weighted by Crippen LogP contribution is -2.43. The minimum atomic E-state index is 0.863. The highest BCUT2D eigenvalue weighted by atomic mass is 15.3. The predicted octanol–water partition coefficient (Wildman–Crippen LogP) is 0.985. The fourth-order valence-corrected chi connectivity index (χ4v) is 2.16. The predicted molar refractivity (Wildman–Crippen MR) is 71.2 cm³/mol. The quantitative estimate of drug-likeness (QED) is 0.854. The van der Waals surface area contributed by atoms with Crippen molar-refractivity contribution in [2.75, 3.05) is 31.1 Å². The second kappa shape index (κ2) is 4.78. The standard InChI is InChI=1S/C13H17N5/c1-11-8-16-18(10-11)13-3-2-12(9-15-13)17-6-4-14-5-7-17/h2-3,8-10,14H,4-7H2,1H3. The molecule has 0 atom stereocenters. The molecular formula is C13H17N5. The van der Waals surface area contributed by atoms with Crippen molar-refractivity contribution in [3.8, 4) is 5.82 Å². The van der Waals surface area contributed by atoms with Gasteiger partial charge in [-0.3, -0.25) is 0 Å². The van der Waals surface area contributed by atoms with Crippen molar-refractivity contribution in [2.45, 2.75) is 6.92 Å². The van der Waals surface area contributed by atoms with Crippen molar-refractivity contribution in [1.82, 2.24) is 20.1 Å². The van der Waals surface area contributed by atoms with E-state index < -0.39 is 0 Å². The molecule has 1 saturated heterocycles. The molecule has 1 fully saturated rings. The summed E-state index contributed by atoms with van der Waals surface area (Å²) in [6.45, 7) is 6.20. The average Bonchev–Trinajstić information content (AvgIpc) is 2.87. The summed E-state index contributed by atoms with van der Waals surface area (Å²) in [7, 11) is 0. The van der Waals surface area contributed by atoms with Crippen molar-refractivity contribution in [3.05, 3.63) is 36.3 Å². The van der Waals surface area contributed by atoms with Gasteiger partial charge in [0, 0.05) is 32.4 Å². The maximum atomic E-state index is 4.48. The van der Waals surface area contributed by atoms with Crippen LogP contribution in [0, 0.1) is 6.92 Å². The summed E-state index contributed by atoms with van der Waals surface area (Å²) in [5.74, 6) is 0.863. The van der Waals surface area contributed by atoms with Crippen LogP contribution < -0.4 is 10.2 Å². The van der Waals surface area contributed by atoms with Gasteiger partial charge in [0.1, 0.15) is 0 Å². The van der Waals surface area contributed by atoms with Gasteiger partial charge < -0.3 is 10.2 Å². The van der Waals surface area contributed by atoms with Crippen molar-refractivity contribution in [3.63, 3.8) is 0 Å². The third-order valence-electron chi connectivity index (χ3n) is 3.16. The van der Waals surface area contributed by atoms with Gasteiger partial charge in [-0.05, 0) is 24.6 Å². The number of nitrogens with zero attached hydrogens (tertiary/aromatic N) is 4. The van der Waals surface area contributed by atoms with Gasteiger partial charge in [0.25, 0.3) is 0 Å². The lowest BCUT2D eigenvalue weighted by molar-refractivity contribution is 0.588. The van der Waals surface area contributed by atoms with E-state index in [-0.39, 0.29) is 0 Å². The van der Waals surface area contributed by atoms with E-state index in [1.807, 2.05) is 31.6 Å². The van der Waals surface area contributed by atoms with Crippen molar-refractivity contribution < 1.29 is 0 Å². The molecule has 0 aromatic carbocycles. The first kappa shape index (κ1) is 11.2. The number of aromatic nitrogens is 3. The van der Waals surface area contributed by atoms with Crippen LogP contribution in [0.3, 0.4) is 0 Å². The van der Waals surface area contributed by atoms with Gasteiger partial charge in [-0.1, -0.05) is 0 Å². The van der Waals surface area contributed by atoms with Crippen molar-refractivity contribution >= 4 is 5.69 Å². The largest absolute Gasteiger partial charge is 0.368 e. The van der Waals surface area contributed by atoms with E-state index in [9.17, 15) is 0 Å². The summed E-state index contributed by atoms with van der Waals surface area (Å²) in [5, 5.41) is 7.61. The van der Waals surface area contributed by atoms with E-state index >= 15 is 0 Å². The van der Waals surface area contributed by atoms with Gasteiger partial charge in [-0.2, -0.15) is 5.10 Å². The Bertz CT molecular complexity index is 510. The van der Waals surface area contributed by atoms with Gasteiger partial charge in [-0.25, -0.2) is 9.67 Å². The van der Waals surface area contributed by atoms with Crippen molar-refractivity contribution in [2.24, 2.45) is 0 Å². The summed E-state index contributed by atoms with van der Waals surface area (Å²) < 4.78 is 1.80. The van der Waals surface area contributed by atoms with E-state index in [0.29, 0.717) is 0 Å². The molecule has 2 aromatic heterocycles. The molecule has 0 amide bonds. The van der Waals surface area contributed by atoms with E-state index in [1.54, 1.807) is 4.68 Å². The molecule has 0 aliphatic carbocycles. The summed E-state index contributed by atoms with van der Waals surface area (Å²) in [5.41, 5.74) is 2.33. The second-order valence-corrected chi connectivity index (χ2v) is 4.57. The molecule has 0 spiro atoms. The van der Waals surface area contributed by atoms with Crippen LogP contribution in [-0.2, 0) is 0 Å². The van der Waals surface area contributed by atoms with E-state index in [4.69, 9.17) is 0 Å². The fourth-order valence-electron chi connectivity index (χ4n) is 2.16. The molecule has 3 heterocycles. The Hall–Kier alpha value is -1.88. The molecule has 1 N–H and O–H groups in total. The number of rotatable bonds is 2. The van der Waals surface area contributed by atoms with E-state index in [2.05, 4.69) is 26.4 Å². The first-order valence-corrected chi connectivity index (χ1v) is 6.26.